The average Bonchev–Trinajstić information content (AvgIpc) is 3.15. The van der Waals surface area contributed by atoms with Crippen molar-refractivity contribution in [1.29, 1.82) is 0 Å². The molecule has 0 bridgehead atoms. The fourth-order valence-corrected chi connectivity index (χ4v) is 5.16. The maximum atomic E-state index is 12.7. The molecular weight excluding hydrogens is 370 g/mol. The maximum Gasteiger partial charge on any atom is 0.306 e. The van der Waals surface area contributed by atoms with Gasteiger partial charge >= 0.3 is 5.97 Å². The Hall–Kier alpha value is -1.80. The van der Waals surface area contributed by atoms with Crippen molar-refractivity contribution in [2.24, 2.45) is 5.92 Å². The molecule has 27 heavy (non-hydrogen) atoms. The molecule has 3 rings (SSSR count). The smallest absolute Gasteiger partial charge is 0.306 e. The molecule has 2 aliphatic rings. The third-order valence-corrected chi connectivity index (χ3v) is 6.96. The number of carboxylic acids is 1. The second-order valence-electron chi connectivity index (χ2n) is 7.35. The van der Waals surface area contributed by atoms with Crippen LogP contribution in [0.15, 0.2) is 23.1 Å². The summed E-state index contributed by atoms with van der Waals surface area (Å²) in [7, 11) is -2.21. The molecule has 0 amide bonds. The van der Waals surface area contributed by atoms with Crippen LogP contribution in [0.5, 0.6) is 11.5 Å². The van der Waals surface area contributed by atoms with Gasteiger partial charge in [0.2, 0.25) is 10.0 Å². The third kappa shape index (κ3) is 4.93. The molecule has 0 atom stereocenters. The van der Waals surface area contributed by atoms with Gasteiger partial charge in [-0.25, -0.2) is 13.1 Å². The van der Waals surface area contributed by atoms with Gasteiger partial charge < -0.3 is 14.6 Å². The van der Waals surface area contributed by atoms with Crippen LogP contribution in [0.1, 0.15) is 51.4 Å². The van der Waals surface area contributed by atoms with E-state index in [4.69, 9.17) is 14.6 Å². The summed E-state index contributed by atoms with van der Waals surface area (Å²) in [4.78, 5) is 11.2. The minimum absolute atomic E-state index is 0.124. The van der Waals surface area contributed by atoms with E-state index in [0.29, 0.717) is 37.2 Å². The second-order valence-corrected chi connectivity index (χ2v) is 9.06. The van der Waals surface area contributed by atoms with E-state index < -0.39 is 16.0 Å². The summed E-state index contributed by atoms with van der Waals surface area (Å²) in [6, 6.07) is 4.41. The zero-order valence-corrected chi connectivity index (χ0v) is 16.3. The maximum absolute atomic E-state index is 12.7. The molecule has 0 radical (unpaired) electrons. The van der Waals surface area contributed by atoms with E-state index in [-0.39, 0.29) is 23.0 Å². The van der Waals surface area contributed by atoms with Gasteiger partial charge in [-0.3, -0.25) is 4.79 Å². The quantitative estimate of drug-likeness (QED) is 0.733. The Labute approximate surface area is 160 Å². The normalized spacial score (nSPS) is 23.9. The zero-order chi connectivity index (χ0) is 19.4. The number of carboxylic acid groups (broad SMARTS) is 1. The van der Waals surface area contributed by atoms with Crippen LogP contribution in [-0.4, -0.2) is 38.7 Å². The highest BCUT2D eigenvalue weighted by Crippen LogP contribution is 2.34. The molecule has 2 aliphatic carbocycles. The molecule has 1 aromatic carbocycles. The molecule has 7 nitrogen and oxygen atoms in total. The number of aliphatic carboxylic acids is 1. The summed E-state index contributed by atoms with van der Waals surface area (Å²) in [5.74, 6) is -0.221. The first-order chi connectivity index (χ1) is 12.9. The topological polar surface area (TPSA) is 102 Å². The molecule has 0 aromatic heterocycles. The van der Waals surface area contributed by atoms with Gasteiger partial charge in [0.25, 0.3) is 0 Å². The molecule has 8 heteroatoms. The van der Waals surface area contributed by atoms with E-state index in [9.17, 15) is 13.2 Å². The Kier molecular flexibility index (Phi) is 6.26. The van der Waals surface area contributed by atoms with E-state index in [2.05, 4.69) is 4.72 Å². The lowest BCUT2D eigenvalue weighted by atomic mass is 9.87. The van der Waals surface area contributed by atoms with Crippen LogP contribution in [0.25, 0.3) is 0 Å². The summed E-state index contributed by atoms with van der Waals surface area (Å²) in [5.41, 5.74) is 0. The second kappa shape index (κ2) is 8.48. The first-order valence-corrected chi connectivity index (χ1v) is 11.0. The summed E-state index contributed by atoms with van der Waals surface area (Å²) in [6.45, 7) is 0. The van der Waals surface area contributed by atoms with Gasteiger partial charge in [-0.1, -0.05) is 0 Å². The predicted octanol–water partition coefficient (Wildman–Crippen LogP) is 2.94. The summed E-state index contributed by atoms with van der Waals surface area (Å²) in [6.07, 6.45) is 6.48. The van der Waals surface area contributed by atoms with E-state index in [1.165, 1.54) is 19.2 Å². The Morgan fingerprint density at radius 3 is 2.33 bits per heavy atom. The van der Waals surface area contributed by atoms with Crippen LogP contribution in [-0.2, 0) is 14.8 Å². The van der Waals surface area contributed by atoms with Crippen molar-refractivity contribution >= 4 is 16.0 Å². The number of hydrogen-bond acceptors (Lipinski definition) is 5. The van der Waals surface area contributed by atoms with Crippen LogP contribution in [0, 0.1) is 5.92 Å². The van der Waals surface area contributed by atoms with E-state index in [1.54, 1.807) is 6.07 Å². The largest absolute Gasteiger partial charge is 0.493 e. The average molecular weight is 397 g/mol. The Morgan fingerprint density at radius 2 is 1.74 bits per heavy atom. The van der Waals surface area contributed by atoms with Gasteiger partial charge in [0.15, 0.2) is 11.5 Å². The van der Waals surface area contributed by atoms with Gasteiger partial charge in [0.1, 0.15) is 0 Å². The van der Waals surface area contributed by atoms with Gasteiger partial charge in [0.05, 0.1) is 24.0 Å². The highest BCUT2D eigenvalue weighted by molar-refractivity contribution is 7.89. The van der Waals surface area contributed by atoms with Crippen molar-refractivity contribution in [3.8, 4) is 11.5 Å². The number of carbonyl (C=O) groups is 1. The number of methoxy groups -OCH3 is 1. The molecule has 0 heterocycles. The molecule has 0 spiro atoms. The molecule has 2 N–H and O–H groups in total. The summed E-state index contributed by atoms with van der Waals surface area (Å²) >= 11 is 0. The highest BCUT2D eigenvalue weighted by atomic mass is 32.2. The number of sulfonamides is 1. The standard InChI is InChI=1S/C19H27NO6S/c1-25-18-12-16(10-11-17(18)26-15-4-2-3-5-15)27(23,24)20-14-8-6-13(7-9-14)19(21)22/h10-15,20H,2-9H2,1H3,(H,21,22). The molecule has 2 fully saturated rings. The van der Waals surface area contributed by atoms with Gasteiger partial charge in [-0.15, -0.1) is 0 Å². The third-order valence-electron chi connectivity index (χ3n) is 5.44. The number of ether oxygens (including phenoxy) is 2. The number of nitrogens with one attached hydrogen (secondary N) is 1. The summed E-state index contributed by atoms with van der Waals surface area (Å²) in [5, 5.41) is 9.06. The van der Waals surface area contributed by atoms with E-state index in [1.807, 2.05) is 0 Å². The van der Waals surface area contributed by atoms with Crippen molar-refractivity contribution in [1.82, 2.24) is 4.72 Å². The molecule has 2 saturated carbocycles. The minimum Gasteiger partial charge on any atom is -0.493 e. The lowest BCUT2D eigenvalue weighted by Crippen LogP contribution is -2.38. The monoisotopic (exact) mass is 397 g/mol. The molecule has 0 aliphatic heterocycles. The lowest BCUT2D eigenvalue weighted by molar-refractivity contribution is -0.142. The number of benzene rings is 1. The van der Waals surface area contributed by atoms with Crippen LogP contribution < -0.4 is 14.2 Å². The highest BCUT2D eigenvalue weighted by Gasteiger charge is 2.29. The Balaban J connectivity index is 1.68. The van der Waals surface area contributed by atoms with Crippen molar-refractivity contribution in [3.05, 3.63) is 18.2 Å². The first kappa shape index (κ1) is 19.9. The summed E-state index contributed by atoms with van der Waals surface area (Å²) < 4.78 is 39.4. The minimum atomic E-state index is -3.71. The number of rotatable bonds is 7. The molecule has 0 unspecified atom stereocenters. The zero-order valence-electron chi connectivity index (χ0n) is 15.5. The van der Waals surface area contributed by atoms with Crippen LogP contribution in [0.3, 0.4) is 0 Å². The van der Waals surface area contributed by atoms with Gasteiger partial charge in [-0.2, -0.15) is 0 Å². The van der Waals surface area contributed by atoms with Crippen LogP contribution in [0.2, 0.25) is 0 Å². The van der Waals surface area contributed by atoms with Gasteiger partial charge in [0, 0.05) is 12.1 Å². The van der Waals surface area contributed by atoms with Crippen molar-refractivity contribution < 1.29 is 27.8 Å². The van der Waals surface area contributed by atoms with E-state index in [0.717, 1.165) is 25.7 Å². The van der Waals surface area contributed by atoms with Crippen molar-refractivity contribution in [3.63, 3.8) is 0 Å². The molecule has 1 aromatic rings. The van der Waals surface area contributed by atoms with Crippen LogP contribution in [0.4, 0.5) is 0 Å². The fraction of sp³-hybridized carbons (Fsp3) is 0.632. The lowest BCUT2D eigenvalue weighted by Gasteiger charge is -2.26. The van der Waals surface area contributed by atoms with E-state index >= 15 is 0 Å². The van der Waals surface area contributed by atoms with Gasteiger partial charge in [-0.05, 0) is 63.5 Å². The first-order valence-electron chi connectivity index (χ1n) is 9.49. The molecule has 150 valence electrons. The SMILES string of the molecule is COc1cc(S(=O)(=O)NC2CCC(C(=O)O)CC2)ccc1OC1CCCC1. The fourth-order valence-electron chi connectivity index (χ4n) is 3.84. The number of hydrogen-bond donors (Lipinski definition) is 2. The van der Waals surface area contributed by atoms with Crippen molar-refractivity contribution in [2.75, 3.05) is 7.11 Å². The Bertz CT molecular complexity index is 764. The van der Waals surface area contributed by atoms with Crippen LogP contribution >= 0.6 is 0 Å². The predicted molar refractivity (Wildman–Crippen MR) is 99.6 cm³/mol. The Morgan fingerprint density at radius 1 is 1.07 bits per heavy atom. The molecule has 0 saturated heterocycles. The molecular formula is C19H27NO6S. The van der Waals surface area contributed by atoms with Crippen molar-refractivity contribution in [2.45, 2.75) is 68.4 Å².